The molecular weight excluding hydrogens is 286 g/mol. The van der Waals surface area contributed by atoms with E-state index in [-0.39, 0.29) is 10.1 Å². The molecule has 6 nitrogen and oxygen atoms in total. The number of fused-ring (bicyclic) bond motifs is 1. The molecule has 0 aliphatic carbocycles. The van der Waals surface area contributed by atoms with Crippen LogP contribution in [0, 0.1) is 0 Å². The van der Waals surface area contributed by atoms with Gasteiger partial charge < -0.3 is 5.32 Å². The molecule has 2 aromatic heterocycles. The van der Waals surface area contributed by atoms with Gasteiger partial charge in [0.15, 0.2) is 0 Å². The van der Waals surface area contributed by atoms with Gasteiger partial charge in [-0.05, 0) is 18.6 Å². The second-order valence-electron chi connectivity index (χ2n) is 4.22. The van der Waals surface area contributed by atoms with Gasteiger partial charge in [0.25, 0.3) is 10.0 Å². The predicted octanol–water partition coefficient (Wildman–Crippen LogP) is 0.463. The van der Waals surface area contributed by atoms with E-state index in [1.54, 1.807) is 24.4 Å². The number of sulfonamides is 1. The van der Waals surface area contributed by atoms with E-state index in [0.717, 1.165) is 16.7 Å². The van der Waals surface area contributed by atoms with Crippen molar-refractivity contribution in [1.82, 2.24) is 15.0 Å². The Morgan fingerprint density at radius 2 is 2.32 bits per heavy atom. The molecule has 0 unspecified atom stereocenters. The second-order valence-corrected chi connectivity index (χ2v) is 7.19. The maximum absolute atomic E-state index is 12.2. The molecule has 1 saturated heterocycles. The SMILES string of the molecule is O=C1NCC[C@@H]1NS(=O)(=O)c1cc2cccnc2s1. The first-order valence-electron chi connectivity index (χ1n) is 5.71. The zero-order valence-electron chi connectivity index (χ0n) is 9.79. The Labute approximate surface area is 113 Å². The molecule has 1 amide bonds. The number of amides is 1. The number of nitrogens with zero attached hydrogens (tertiary/aromatic N) is 1. The first kappa shape index (κ1) is 12.5. The van der Waals surface area contributed by atoms with E-state index in [0.29, 0.717) is 17.8 Å². The monoisotopic (exact) mass is 297 g/mol. The normalized spacial score (nSPS) is 19.8. The smallest absolute Gasteiger partial charge is 0.250 e. The third kappa shape index (κ3) is 2.34. The molecule has 3 heterocycles. The number of rotatable bonds is 3. The van der Waals surface area contributed by atoms with Crippen molar-refractivity contribution in [3.63, 3.8) is 0 Å². The Morgan fingerprint density at radius 3 is 3.00 bits per heavy atom. The number of thiophene rings is 1. The third-order valence-electron chi connectivity index (χ3n) is 2.88. The molecule has 100 valence electrons. The number of hydrogen-bond acceptors (Lipinski definition) is 5. The minimum absolute atomic E-state index is 0.181. The highest BCUT2D eigenvalue weighted by molar-refractivity contribution is 7.91. The highest BCUT2D eigenvalue weighted by Gasteiger charge is 2.30. The average Bonchev–Trinajstić information content (AvgIpc) is 2.96. The lowest BCUT2D eigenvalue weighted by Gasteiger charge is -2.08. The van der Waals surface area contributed by atoms with Gasteiger partial charge in [0, 0.05) is 18.1 Å². The molecule has 19 heavy (non-hydrogen) atoms. The second kappa shape index (κ2) is 4.55. The van der Waals surface area contributed by atoms with Crippen LogP contribution in [0.4, 0.5) is 0 Å². The quantitative estimate of drug-likeness (QED) is 0.861. The van der Waals surface area contributed by atoms with E-state index in [9.17, 15) is 13.2 Å². The fourth-order valence-electron chi connectivity index (χ4n) is 1.93. The molecule has 0 saturated carbocycles. The van der Waals surface area contributed by atoms with E-state index in [4.69, 9.17) is 0 Å². The Morgan fingerprint density at radius 1 is 1.47 bits per heavy atom. The van der Waals surface area contributed by atoms with Crippen LogP contribution in [0.3, 0.4) is 0 Å². The maximum Gasteiger partial charge on any atom is 0.250 e. The van der Waals surface area contributed by atoms with Crippen LogP contribution in [0.5, 0.6) is 0 Å². The maximum atomic E-state index is 12.2. The van der Waals surface area contributed by atoms with Gasteiger partial charge in [0.1, 0.15) is 15.1 Å². The van der Waals surface area contributed by atoms with Crippen LogP contribution in [0.25, 0.3) is 10.2 Å². The number of nitrogens with one attached hydrogen (secondary N) is 2. The van der Waals surface area contributed by atoms with Crippen molar-refractivity contribution < 1.29 is 13.2 Å². The zero-order valence-corrected chi connectivity index (χ0v) is 11.4. The molecule has 0 spiro atoms. The summed E-state index contributed by atoms with van der Waals surface area (Å²) in [6, 6.07) is 4.45. The molecular formula is C11H11N3O3S2. The number of pyridine rings is 1. The number of carbonyl (C=O) groups excluding carboxylic acids is 1. The van der Waals surface area contributed by atoms with Gasteiger partial charge in [-0.2, -0.15) is 4.72 Å². The molecule has 0 aromatic carbocycles. The number of aromatic nitrogens is 1. The molecule has 2 N–H and O–H groups in total. The summed E-state index contributed by atoms with van der Waals surface area (Å²) in [4.78, 5) is 16.2. The Balaban J connectivity index is 1.93. The van der Waals surface area contributed by atoms with Crippen LogP contribution in [-0.2, 0) is 14.8 Å². The van der Waals surface area contributed by atoms with E-state index in [1.807, 2.05) is 0 Å². The highest BCUT2D eigenvalue weighted by atomic mass is 32.2. The fraction of sp³-hybridized carbons (Fsp3) is 0.273. The zero-order chi connectivity index (χ0) is 13.5. The summed E-state index contributed by atoms with van der Waals surface area (Å²) in [6.07, 6.45) is 2.09. The molecule has 1 aliphatic rings. The van der Waals surface area contributed by atoms with Gasteiger partial charge in [-0.3, -0.25) is 4.79 Å². The number of carbonyl (C=O) groups is 1. The number of hydrogen-bond donors (Lipinski definition) is 2. The topological polar surface area (TPSA) is 88.2 Å². The molecule has 1 aliphatic heterocycles. The minimum atomic E-state index is -3.67. The fourth-order valence-corrected chi connectivity index (χ4v) is 4.49. The molecule has 1 atom stereocenters. The van der Waals surface area contributed by atoms with Crippen molar-refractivity contribution in [1.29, 1.82) is 0 Å². The van der Waals surface area contributed by atoms with Crippen molar-refractivity contribution in [2.45, 2.75) is 16.7 Å². The molecule has 3 rings (SSSR count). The summed E-state index contributed by atoms with van der Waals surface area (Å²) in [6.45, 7) is 0.500. The lowest BCUT2D eigenvalue weighted by atomic mass is 10.3. The van der Waals surface area contributed by atoms with Crippen molar-refractivity contribution in [3.8, 4) is 0 Å². The molecule has 0 radical (unpaired) electrons. The summed E-state index contributed by atoms with van der Waals surface area (Å²) in [5.41, 5.74) is 0. The summed E-state index contributed by atoms with van der Waals surface area (Å²) >= 11 is 1.10. The minimum Gasteiger partial charge on any atom is -0.355 e. The highest BCUT2D eigenvalue weighted by Crippen LogP contribution is 2.27. The van der Waals surface area contributed by atoms with Crippen molar-refractivity contribution in [2.75, 3.05) is 6.54 Å². The molecule has 1 fully saturated rings. The Hall–Kier alpha value is -1.51. The van der Waals surface area contributed by atoms with Crippen LogP contribution >= 0.6 is 11.3 Å². The summed E-state index contributed by atoms with van der Waals surface area (Å²) in [7, 11) is -3.67. The summed E-state index contributed by atoms with van der Waals surface area (Å²) < 4.78 is 27.0. The van der Waals surface area contributed by atoms with Crippen LogP contribution in [0.2, 0.25) is 0 Å². The Kier molecular flexibility index (Phi) is 3.00. The lowest BCUT2D eigenvalue weighted by molar-refractivity contribution is -0.120. The summed E-state index contributed by atoms with van der Waals surface area (Å²) in [5, 5.41) is 3.38. The van der Waals surface area contributed by atoms with E-state index < -0.39 is 16.1 Å². The van der Waals surface area contributed by atoms with Gasteiger partial charge in [0.05, 0.1) is 0 Å². The molecule has 0 bridgehead atoms. The summed E-state index contributed by atoms with van der Waals surface area (Å²) in [5.74, 6) is -0.275. The molecule has 2 aromatic rings. The van der Waals surface area contributed by atoms with Gasteiger partial charge in [-0.1, -0.05) is 6.07 Å². The van der Waals surface area contributed by atoms with Crippen LogP contribution in [0.15, 0.2) is 28.6 Å². The van der Waals surface area contributed by atoms with Gasteiger partial charge in [0.2, 0.25) is 5.91 Å². The van der Waals surface area contributed by atoms with Gasteiger partial charge in [-0.25, -0.2) is 13.4 Å². The van der Waals surface area contributed by atoms with Crippen molar-refractivity contribution in [3.05, 3.63) is 24.4 Å². The van der Waals surface area contributed by atoms with E-state index >= 15 is 0 Å². The first-order chi connectivity index (χ1) is 9.06. The van der Waals surface area contributed by atoms with Crippen molar-refractivity contribution in [2.24, 2.45) is 0 Å². The lowest BCUT2D eigenvalue weighted by Crippen LogP contribution is -2.39. The Bertz CT molecular complexity index is 705. The standard InChI is InChI=1S/C11H11N3O3S2/c15-10-8(3-5-12-10)14-19(16,17)9-6-7-2-1-4-13-11(7)18-9/h1-2,4,6,8,14H,3,5H2,(H,12,15)/t8-/m0/s1. The average molecular weight is 297 g/mol. The largest absolute Gasteiger partial charge is 0.355 e. The van der Waals surface area contributed by atoms with E-state index in [1.165, 1.54) is 0 Å². The first-order valence-corrected chi connectivity index (χ1v) is 8.01. The van der Waals surface area contributed by atoms with Gasteiger partial charge >= 0.3 is 0 Å². The van der Waals surface area contributed by atoms with E-state index in [2.05, 4.69) is 15.0 Å². The predicted molar refractivity (Wildman–Crippen MR) is 71.4 cm³/mol. The van der Waals surface area contributed by atoms with Crippen LogP contribution in [-0.4, -0.2) is 31.9 Å². The van der Waals surface area contributed by atoms with Crippen LogP contribution in [0.1, 0.15) is 6.42 Å². The molecule has 8 heteroatoms. The van der Waals surface area contributed by atoms with Gasteiger partial charge in [-0.15, -0.1) is 11.3 Å². The van der Waals surface area contributed by atoms with Crippen LogP contribution < -0.4 is 10.0 Å². The third-order valence-corrected chi connectivity index (χ3v) is 5.89. The van der Waals surface area contributed by atoms with Crippen molar-refractivity contribution >= 4 is 37.5 Å².